The first-order valence-corrected chi connectivity index (χ1v) is 19.8. The maximum Gasteiger partial charge on any atom is 0.238 e. The predicted octanol–water partition coefficient (Wildman–Crippen LogP) is 8.05. The van der Waals surface area contributed by atoms with Crippen LogP contribution >= 0.6 is 0 Å². The van der Waals surface area contributed by atoms with E-state index in [1.807, 2.05) is 42.5 Å². The van der Waals surface area contributed by atoms with Crippen LogP contribution in [0.2, 0.25) is 0 Å². The lowest BCUT2D eigenvalue weighted by Crippen LogP contribution is -2.43. The summed E-state index contributed by atoms with van der Waals surface area (Å²) >= 11 is 0. The Hall–Kier alpha value is -7.26. The van der Waals surface area contributed by atoms with Gasteiger partial charge in [-0.1, -0.05) is 109 Å². The average Bonchev–Trinajstić information content (AvgIpc) is 3.69. The number of imide groups is 2. The van der Waals surface area contributed by atoms with Crippen LogP contribution in [-0.4, -0.2) is 40.3 Å². The lowest BCUT2D eigenvalue weighted by molar-refractivity contribution is -0.126. The number of aromatic hydroxyl groups is 1. The quantitative estimate of drug-likeness (QED) is 0.0987. The number of carbonyl (C=O) groups is 6. The number of phenols is 1. The molecule has 6 aromatic carbocycles. The molecule has 2 saturated heterocycles. The molecular formula is C50H36N2O7. The molecule has 9 heteroatoms. The molecule has 288 valence electrons. The Morgan fingerprint density at radius 2 is 0.983 bits per heavy atom. The fourth-order valence-electron chi connectivity index (χ4n) is 10.0. The van der Waals surface area contributed by atoms with Gasteiger partial charge >= 0.3 is 0 Å². The van der Waals surface area contributed by atoms with Crippen LogP contribution in [0.4, 0.5) is 11.4 Å². The Kier molecular flexibility index (Phi) is 8.56. The van der Waals surface area contributed by atoms with Gasteiger partial charge in [0, 0.05) is 39.1 Å². The number of carbonyl (C=O) groups excluding carboxylic acids is 6. The van der Waals surface area contributed by atoms with Crippen LogP contribution in [-0.2, 0) is 19.2 Å². The normalized spacial score (nSPS) is 23.5. The van der Waals surface area contributed by atoms with Gasteiger partial charge < -0.3 is 5.11 Å². The topological polar surface area (TPSA) is 129 Å². The van der Waals surface area contributed by atoms with Crippen molar-refractivity contribution in [2.45, 2.75) is 18.8 Å². The minimum absolute atomic E-state index is 0.00130. The summed E-state index contributed by atoms with van der Waals surface area (Å²) in [6.45, 7) is 0. The van der Waals surface area contributed by atoms with Crippen LogP contribution in [0.3, 0.4) is 0 Å². The van der Waals surface area contributed by atoms with Gasteiger partial charge in [-0.25, -0.2) is 0 Å². The van der Waals surface area contributed by atoms with E-state index in [0.717, 1.165) is 11.0 Å². The van der Waals surface area contributed by atoms with Gasteiger partial charge in [0.15, 0.2) is 11.6 Å². The van der Waals surface area contributed by atoms with E-state index < -0.39 is 53.2 Å². The average molecular weight is 777 g/mol. The summed E-state index contributed by atoms with van der Waals surface area (Å²) in [5.41, 5.74) is 3.78. The number of benzene rings is 6. The van der Waals surface area contributed by atoms with Crippen molar-refractivity contribution in [1.29, 1.82) is 0 Å². The van der Waals surface area contributed by atoms with Crippen molar-refractivity contribution in [3.8, 4) is 5.75 Å². The molecule has 0 bridgehead atoms. The zero-order chi connectivity index (χ0) is 40.5. The molecule has 0 aromatic heterocycles. The monoisotopic (exact) mass is 776 g/mol. The minimum Gasteiger partial charge on any atom is -0.507 e. The third kappa shape index (κ3) is 5.67. The SMILES string of the molecule is O=C(c1ccccc1)c1ccc(N2C(=O)[C@H]3[C@H](CC=C4[C@H]3C[C@H]3C(=O)N(c5ccc(C(=O)c6ccccc6)cc5)C(=O)[C@H]3[C@H]4c3ccc4ccccc4c3O)C2=O)cc1. The number of phenolic OH excluding ortho intramolecular Hbond substituents is 1. The van der Waals surface area contributed by atoms with Crippen molar-refractivity contribution >= 4 is 57.3 Å². The van der Waals surface area contributed by atoms with Gasteiger partial charge in [-0.05, 0) is 72.7 Å². The van der Waals surface area contributed by atoms with Gasteiger partial charge in [-0.3, -0.25) is 38.6 Å². The lowest BCUT2D eigenvalue weighted by atomic mass is 9.57. The van der Waals surface area contributed by atoms with E-state index in [0.29, 0.717) is 44.6 Å². The van der Waals surface area contributed by atoms with Gasteiger partial charge in [0.25, 0.3) is 0 Å². The molecule has 2 heterocycles. The standard InChI is InChI=1S/C50H36N2O7/c53-44(29-10-3-1-4-11-29)31-15-20-33(21-16-31)51-47(56)38-26-25-36-39(42(38)49(51)58)27-40-43(41(36)37-24-19-28-9-7-8-14-35(28)46(37)55)50(59)52(48(40)57)34-22-17-32(18-23-34)45(54)30-12-5-2-6-13-30/h1-25,38-43,55H,26-27H2/t38-,39+,40+,41+,42-,43+/m0/s1. The van der Waals surface area contributed by atoms with E-state index in [1.54, 1.807) is 109 Å². The molecule has 2 aliphatic heterocycles. The molecule has 6 atom stereocenters. The Bertz CT molecular complexity index is 2780. The third-order valence-electron chi connectivity index (χ3n) is 12.8. The van der Waals surface area contributed by atoms with Gasteiger partial charge in [-0.2, -0.15) is 0 Å². The highest BCUT2D eigenvalue weighted by atomic mass is 16.3. The molecular weight excluding hydrogens is 741 g/mol. The first-order valence-electron chi connectivity index (χ1n) is 19.8. The number of fused-ring (bicyclic) bond motifs is 5. The van der Waals surface area contributed by atoms with Crippen LogP contribution in [0.15, 0.2) is 157 Å². The first-order chi connectivity index (χ1) is 28.7. The highest BCUT2D eigenvalue weighted by Crippen LogP contribution is 2.59. The molecule has 9 nitrogen and oxygen atoms in total. The van der Waals surface area contributed by atoms with E-state index in [1.165, 1.54) is 9.80 Å². The smallest absolute Gasteiger partial charge is 0.238 e. The van der Waals surface area contributed by atoms with Gasteiger partial charge in [0.05, 0.1) is 35.0 Å². The summed E-state index contributed by atoms with van der Waals surface area (Å²) in [6.07, 6.45) is 2.35. The number of rotatable bonds is 7. The molecule has 3 fully saturated rings. The maximum absolute atomic E-state index is 14.7. The lowest BCUT2D eigenvalue weighted by Gasteiger charge is -2.44. The highest BCUT2D eigenvalue weighted by molar-refractivity contribution is 6.24. The number of hydrogen-bond donors (Lipinski definition) is 1. The van der Waals surface area contributed by atoms with Crippen molar-refractivity contribution in [1.82, 2.24) is 0 Å². The molecule has 0 unspecified atom stereocenters. The summed E-state index contributed by atoms with van der Waals surface area (Å²) in [4.78, 5) is 86.8. The fraction of sp³-hybridized carbons (Fsp3) is 0.160. The maximum atomic E-state index is 14.7. The van der Waals surface area contributed by atoms with Crippen molar-refractivity contribution < 1.29 is 33.9 Å². The summed E-state index contributed by atoms with van der Waals surface area (Å²) in [5, 5.41) is 13.3. The Labute approximate surface area is 339 Å². The second-order valence-electron chi connectivity index (χ2n) is 15.8. The van der Waals surface area contributed by atoms with E-state index >= 15 is 0 Å². The number of ketones is 2. The Morgan fingerprint density at radius 1 is 0.492 bits per heavy atom. The first kappa shape index (κ1) is 36.1. The largest absolute Gasteiger partial charge is 0.507 e. The molecule has 0 spiro atoms. The molecule has 4 amide bonds. The summed E-state index contributed by atoms with van der Waals surface area (Å²) in [7, 11) is 0. The van der Waals surface area contributed by atoms with E-state index in [9.17, 15) is 33.9 Å². The van der Waals surface area contributed by atoms with Crippen LogP contribution in [0, 0.1) is 29.6 Å². The predicted molar refractivity (Wildman–Crippen MR) is 221 cm³/mol. The molecule has 10 rings (SSSR count). The third-order valence-corrected chi connectivity index (χ3v) is 12.8. The van der Waals surface area contributed by atoms with Gasteiger partial charge in [0.1, 0.15) is 5.75 Å². The number of allylic oxidation sites excluding steroid dienone is 2. The van der Waals surface area contributed by atoms with Gasteiger partial charge in [0.2, 0.25) is 23.6 Å². The second-order valence-corrected chi connectivity index (χ2v) is 15.8. The van der Waals surface area contributed by atoms with Crippen LogP contribution in [0.5, 0.6) is 5.75 Å². The van der Waals surface area contributed by atoms with E-state index in [-0.39, 0.29) is 36.1 Å². The zero-order valence-corrected chi connectivity index (χ0v) is 31.6. The van der Waals surface area contributed by atoms with Gasteiger partial charge in [-0.15, -0.1) is 0 Å². The van der Waals surface area contributed by atoms with Crippen molar-refractivity contribution in [3.63, 3.8) is 0 Å². The number of amides is 4. The Balaban J connectivity index is 1.01. The molecule has 1 N–H and O–H groups in total. The minimum atomic E-state index is -0.891. The molecule has 1 saturated carbocycles. The van der Waals surface area contributed by atoms with E-state index in [4.69, 9.17) is 0 Å². The molecule has 2 aliphatic carbocycles. The van der Waals surface area contributed by atoms with Crippen molar-refractivity contribution in [2.24, 2.45) is 29.6 Å². The van der Waals surface area contributed by atoms with Crippen LogP contribution in [0.25, 0.3) is 10.8 Å². The summed E-state index contributed by atoms with van der Waals surface area (Å²) in [5.74, 6) is -6.57. The molecule has 59 heavy (non-hydrogen) atoms. The number of nitrogens with zero attached hydrogens (tertiary/aromatic N) is 2. The number of anilines is 2. The molecule has 0 radical (unpaired) electrons. The fourth-order valence-corrected chi connectivity index (χ4v) is 10.0. The summed E-state index contributed by atoms with van der Waals surface area (Å²) in [6, 6.07) is 41.6. The van der Waals surface area contributed by atoms with Crippen molar-refractivity contribution in [3.05, 3.63) is 185 Å². The highest BCUT2D eigenvalue weighted by Gasteiger charge is 2.62. The molecule has 4 aliphatic rings. The summed E-state index contributed by atoms with van der Waals surface area (Å²) < 4.78 is 0. The van der Waals surface area contributed by atoms with Crippen LogP contribution < -0.4 is 9.80 Å². The second kappa shape index (κ2) is 14.0. The zero-order valence-electron chi connectivity index (χ0n) is 31.6. The van der Waals surface area contributed by atoms with E-state index in [2.05, 4.69) is 0 Å². The van der Waals surface area contributed by atoms with Crippen LogP contribution in [0.1, 0.15) is 56.2 Å². The van der Waals surface area contributed by atoms with Crippen molar-refractivity contribution in [2.75, 3.05) is 9.80 Å². The molecule has 6 aromatic rings. The number of hydrogen-bond acceptors (Lipinski definition) is 7. The Morgan fingerprint density at radius 3 is 1.56 bits per heavy atom.